The molecule has 0 fully saturated rings. The molecule has 5 rings (SSSR count). The minimum absolute atomic E-state index is 0.0735. The summed E-state index contributed by atoms with van der Waals surface area (Å²) < 4.78 is 5.24. The minimum atomic E-state index is -0.0735. The number of benzene rings is 3. The Morgan fingerprint density at radius 3 is 2.72 bits per heavy atom. The van der Waals surface area contributed by atoms with E-state index in [0.29, 0.717) is 0 Å². The molecule has 36 heavy (non-hydrogen) atoms. The summed E-state index contributed by atoms with van der Waals surface area (Å²) in [5, 5.41) is 11.6. The molecule has 0 aliphatic rings. The van der Waals surface area contributed by atoms with Gasteiger partial charge in [0.2, 0.25) is 5.91 Å². The van der Waals surface area contributed by atoms with Gasteiger partial charge in [0.05, 0.1) is 30.4 Å². The van der Waals surface area contributed by atoms with Crippen LogP contribution in [0.1, 0.15) is 17.0 Å². The van der Waals surface area contributed by atoms with E-state index < -0.39 is 0 Å². The largest absolute Gasteiger partial charge is 0.497 e. The van der Waals surface area contributed by atoms with Crippen LogP contribution in [0.4, 0.5) is 5.69 Å². The van der Waals surface area contributed by atoms with Crippen molar-refractivity contribution >= 4 is 46.4 Å². The number of aromatic nitrogens is 3. The highest BCUT2D eigenvalue weighted by Crippen LogP contribution is 2.32. The van der Waals surface area contributed by atoms with E-state index in [0.717, 1.165) is 49.1 Å². The van der Waals surface area contributed by atoms with Crippen LogP contribution in [0.3, 0.4) is 0 Å². The van der Waals surface area contributed by atoms with Crippen molar-refractivity contribution in [1.29, 1.82) is 0 Å². The standard InChI is InChI=1S/C29H24N4O2S/c1-35-23-9-4-6-20(16-23)17-29(34)31-22-8-5-10-24(18-22)36-25-12-13-26-27(32-33-28(26)19-25)14-11-21-7-2-3-15-30-21/h2-16,18-19H,17H2,1H3,(H,31,34)(H,32,33)/b14-11+. The van der Waals surface area contributed by atoms with E-state index in [2.05, 4.69) is 38.7 Å². The Morgan fingerprint density at radius 2 is 1.86 bits per heavy atom. The zero-order valence-electron chi connectivity index (χ0n) is 19.6. The third kappa shape index (κ3) is 5.82. The van der Waals surface area contributed by atoms with Gasteiger partial charge < -0.3 is 10.1 Å². The Balaban J connectivity index is 1.25. The highest BCUT2D eigenvalue weighted by Gasteiger charge is 2.08. The molecule has 0 unspecified atom stereocenters. The summed E-state index contributed by atoms with van der Waals surface area (Å²) in [5.41, 5.74) is 4.38. The Hall–Kier alpha value is -4.36. The highest BCUT2D eigenvalue weighted by atomic mass is 32.2. The monoisotopic (exact) mass is 492 g/mol. The van der Waals surface area contributed by atoms with Crippen LogP contribution in [0, 0.1) is 0 Å². The number of methoxy groups -OCH3 is 1. The molecular weight excluding hydrogens is 468 g/mol. The lowest BCUT2D eigenvalue weighted by atomic mass is 10.1. The fourth-order valence-corrected chi connectivity index (χ4v) is 4.71. The SMILES string of the molecule is COc1cccc(CC(=O)Nc2cccc(Sc3ccc4c(/C=C/c5ccccn5)n[nH]c4c3)c2)c1. The van der Waals surface area contributed by atoms with Crippen LogP contribution in [-0.2, 0) is 11.2 Å². The lowest BCUT2D eigenvalue weighted by molar-refractivity contribution is -0.115. The van der Waals surface area contributed by atoms with Crippen molar-refractivity contribution < 1.29 is 9.53 Å². The number of hydrogen-bond donors (Lipinski definition) is 2. The van der Waals surface area contributed by atoms with Gasteiger partial charge in [0, 0.05) is 27.1 Å². The first-order chi connectivity index (χ1) is 17.7. The van der Waals surface area contributed by atoms with Gasteiger partial charge in [-0.2, -0.15) is 5.10 Å². The van der Waals surface area contributed by atoms with Gasteiger partial charge in [0.1, 0.15) is 5.75 Å². The van der Waals surface area contributed by atoms with E-state index in [-0.39, 0.29) is 12.3 Å². The average molecular weight is 493 g/mol. The second-order valence-corrected chi connectivity index (χ2v) is 9.26. The van der Waals surface area contributed by atoms with Crippen LogP contribution in [0.2, 0.25) is 0 Å². The molecule has 3 aromatic carbocycles. The van der Waals surface area contributed by atoms with Crippen molar-refractivity contribution in [3.8, 4) is 5.75 Å². The summed E-state index contributed by atoms with van der Waals surface area (Å²) in [6.45, 7) is 0. The molecule has 178 valence electrons. The average Bonchev–Trinajstić information content (AvgIpc) is 3.30. The van der Waals surface area contributed by atoms with E-state index in [1.54, 1.807) is 25.1 Å². The van der Waals surface area contributed by atoms with Gasteiger partial charge in [-0.05, 0) is 78.4 Å². The molecule has 0 aliphatic heterocycles. The number of carbonyl (C=O) groups is 1. The number of amides is 1. The number of rotatable bonds is 8. The maximum Gasteiger partial charge on any atom is 0.228 e. The number of ether oxygens (including phenoxy) is 1. The molecule has 2 heterocycles. The Morgan fingerprint density at radius 1 is 0.972 bits per heavy atom. The smallest absolute Gasteiger partial charge is 0.228 e. The van der Waals surface area contributed by atoms with Crippen LogP contribution < -0.4 is 10.1 Å². The third-order valence-electron chi connectivity index (χ3n) is 5.52. The van der Waals surface area contributed by atoms with E-state index in [1.807, 2.05) is 78.9 Å². The predicted octanol–water partition coefficient (Wildman–Crippen LogP) is 6.47. The maximum absolute atomic E-state index is 12.6. The normalized spacial score (nSPS) is 11.1. The molecule has 0 saturated carbocycles. The number of pyridine rings is 1. The quantitative estimate of drug-likeness (QED) is 0.260. The first kappa shape index (κ1) is 23.4. The second-order valence-electron chi connectivity index (χ2n) is 8.11. The van der Waals surface area contributed by atoms with Gasteiger partial charge in [-0.1, -0.05) is 36.0 Å². The molecule has 2 aromatic heterocycles. The number of anilines is 1. The fourth-order valence-electron chi connectivity index (χ4n) is 3.80. The third-order valence-corrected chi connectivity index (χ3v) is 6.50. The van der Waals surface area contributed by atoms with Crippen molar-refractivity contribution in [1.82, 2.24) is 15.2 Å². The zero-order valence-corrected chi connectivity index (χ0v) is 20.5. The highest BCUT2D eigenvalue weighted by molar-refractivity contribution is 7.99. The van der Waals surface area contributed by atoms with Gasteiger partial charge in [-0.25, -0.2) is 0 Å². The number of aromatic amines is 1. The molecule has 2 N–H and O–H groups in total. The molecular formula is C29H24N4O2S. The summed E-state index contributed by atoms with van der Waals surface area (Å²) in [7, 11) is 1.62. The molecule has 7 heteroatoms. The number of H-pyrrole nitrogens is 1. The van der Waals surface area contributed by atoms with Gasteiger partial charge in [-0.15, -0.1) is 0 Å². The van der Waals surface area contributed by atoms with E-state index >= 15 is 0 Å². The topological polar surface area (TPSA) is 79.9 Å². The molecule has 0 atom stereocenters. The lowest BCUT2D eigenvalue weighted by Gasteiger charge is -2.08. The summed E-state index contributed by atoms with van der Waals surface area (Å²) in [5.74, 6) is 0.667. The predicted molar refractivity (Wildman–Crippen MR) is 145 cm³/mol. The number of nitrogens with one attached hydrogen (secondary N) is 2. The van der Waals surface area contributed by atoms with Crippen LogP contribution in [-0.4, -0.2) is 28.2 Å². The lowest BCUT2D eigenvalue weighted by Crippen LogP contribution is -2.14. The minimum Gasteiger partial charge on any atom is -0.497 e. The molecule has 0 bridgehead atoms. The zero-order chi connectivity index (χ0) is 24.7. The van der Waals surface area contributed by atoms with Gasteiger partial charge in [-0.3, -0.25) is 14.9 Å². The van der Waals surface area contributed by atoms with Crippen LogP contribution >= 0.6 is 11.8 Å². The molecule has 0 saturated heterocycles. The maximum atomic E-state index is 12.6. The number of fused-ring (bicyclic) bond motifs is 1. The van der Waals surface area contributed by atoms with E-state index in [9.17, 15) is 4.79 Å². The van der Waals surface area contributed by atoms with Crippen molar-refractivity contribution in [2.75, 3.05) is 12.4 Å². The second kappa shape index (κ2) is 10.9. The Bertz CT molecular complexity index is 1530. The van der Waals surface area contributed by atoms with Crippen molar-refractivity contribution in [3.63, 3.8) is 0 Å². The first-order valence-electron chi connectivity index (χ1n) is 11.4. The Kier molecular flexibility index (Phi) is 7.10. The van der Waals surface area contributed by atoms with Crippen molar-refractivity contribution in [3.05, 3.63) is 108 Å². The summed E-state index contributed by atoms with van der Waals surface area (Å²) in [6, 6.07) is 27.4. The molecule has 0 aliphatic carbocycles. The van der Waals surface area contributed by atoms with Crippen LogP contribution in [0.5, 0.6) is 5.75 Å². The molecule has 0 spiro atoms. The summed E-state index contributed by atoms with van der Waals surface area (Å²) >= 11 is 1.63. The first-order valence-corrected chi connectivity index (χ1v) is 12.3. The fraction of sp³-hybridized carbons (Fsp3) is 0.0690. The van der Waals surface area contributed by atoms with Gasteiger partial charge in [0.25, 0.3) is 0 Å². The molecule has 0 radical (unpaired) electrons. The van der Waals surface area contributed by atoms with Crippen molar-refractivity contribution in [2.45, 2.75) is 16.2 Å². The van der Waals surface area contributed by atoms with E-state index in [1.165, 1.54) is 0 Å². The van der Waals surface area contributed by atoms with Crippen LogP contribution in [0.25, 0.3) is 23.1 Å². The molecule has 1 amide bonds. The van der Waals surface area contributed by atoms with E-state index in [4.69, 9.17) is 4.74 Å². The number of carbonyl (C=O) groups excluding carboxylic acids is 1. The van der Waals surface area contributed by atoms with Gasteiger partial charge in [0.15, 0.2) is 0 Å². The van der Waals surface area contributed by atoms with Crippen molar-refractivity contribution in [2.24, 2.45) is 0 Å². The number of hydrogen-bond acceptors (Lipinski definition) is 5. The Labute approximate surface area is 213 Å². The summed E-state index contributed by atoms with van der Waals surface area (Å²) in [4.78, 5) is 19.0. The van der Waals surface area contributed by atoms with Crippen LogP contribution in [0.15, 0.2) is 101 Å². The van der Waals surface area contributed by atoms with Gasteiger partial charge >= 0.3 is 0 Å². The molecule has 5 aromatic rings. The molecule has 6 nitrogen and oxygen atoms in total. The number of nitrogens with zero attached hydrogens (tertiary/aromatic N) is 2. The summed E-state index contributed by atoms with van der Waals surface area (Å²) in [6.07, 6.45) is 5.97.